The molecule has 0 amide bonds. The molecule has 6 heteroatoms. The van der Waals surface area contributed by atoms with Gasteiger partial charge in [0, 0.05) is 16.8 Å². The first kappa shape index (κ1) is 12.7. The van der Waals surface area contributed by atoms with Gasteiger partial charge in [0.05, 0.1) is 20.1 Å². The minimum Gasteiger partial charge on any atom is -0.454 e. The molecule has 1 aromatic heterocycles. The van der Waals surface area contributed by atoms with E-state index in [4.69, 9.17) is 62.4 Å². The number of benzene rings is 2. The Balaban J connectivity index is 2.60. The van der Waals surface area contributed by atoms with Crippen molar-refractivity contribution in [1.82, 2.24) is 0 Å². The quantitative estimate of drug-likeness (QED) is 0.408. The van der Waals surface area contributed by atoms with E-state index in [1.54, 1.807) is 18.2 Å². The average Bonchev–Trinajstić information content (AvgIpc) is 2.66. The van der Waals surface area contributed by atoms with E-state index in [2.05, 4.69) is 0 Å². The maximum Gasteiger partial charge on any atom is 0.157 e. The molecule has 3 rings (SSSR count). The van der Waals surface area contributed by atoms with Crippen LogP contribution in [0.2, 0.25) is 25.1 Å². The Morgan fingerprint density at radius 3 is 2.11 bits per heavy atom. The minimum atomic E-state index is 0.319. The van der Waals surface area contributed by atoms with Gasteiger partial charge in [0.15, 0.2) is 5.58 Å². The molecule has 0 aliphatic carbocycles. The summed E-state index contributed by atoms with van der Waals surface area (Å²) >= 11 is 30.2. The molecule has 0 saturated carbocycles. The molecule has 0 fully saturated rings. The van der Waals surface area contributed by atoms with Crippen LogP contribution in [0.15, 0.2) is 22.6 Å². The highest BCUT2D eigenvalue weighted by Crippen LogP contribution is 2.43. The number of hydrogen-bond acceptors (Lipinski definition) is 1. The molecule has 18 heavy (non-hydrogen) atoms. The zero-order valence-electron chi connectivity index (χ0n) is 8.53. The van der Waals surface area contributed by atoms with Crippen LogP contribution < -0.4 is 0 Å². The van der Waals surface area contributed by atoms with Crippen molar-refractivity contribution in [2.75, 3.05) is 0 Å². The molecule has 0 bridgehead atoms. The summed E-state index contributed by atoms with van der Waals surface area (Å²) in [6, 6.07) is 4.90. The van der Waals surface area contributed by atoms with Gasteiger partial charge < -0.3 is 4.42 Å². The first-order valence-electron chi connectivity index (χ1n) is 4.84. The molecule has 0 unspecified atom stereocenters. The van der Waals surface area contributed by atoms with Crippen molar-refractivity contribution in [2.45, 2.75) is 0 Å². The molecule has 0 N–H and O–H groups in total. The summed E-state index contributed by atoms with van der Waals surface area (Å²) < 4.78 is 5.64. The van der Waals surface area contributed by atoms with E-state index in [0.717, 1.165) is 5.39 Å². The molecule has 0 saturated heterocycles. The fourth-order valence-corrected chi connectivity index (χ4v) is 2.89. The average molecular weight is 340 g/mol. The molecule has 1 nitrogen and oxygen atoms in total. The Bertz CT molecular complexity index is 790. The van der Waals surface area contributed by atoms with Gasteiger partial charge in [-0.2, -0.15) is 0 Å². The van der Waals surface area contributed by atoms with Gasteiger partial charge in [-0.1, -0.05) is 58.0 Å². The summed E-state index contributed by atoms with van der Waals surface area (Å²) in [5, 5.41) is 3.37. The second kappa shape index (κ2) is 4.36. The smallest absolute Gasteiger partial charge is 0.157 e. The van der Waals surface area contributed by atoms with Crippen molar-refractivity contribution in [3.05, 3.63) is 43.3 Å². The Kier molecular flexibility index (Phi) is 3.08. The topological polar surface area (TPSA) is 13.1 Å². The molecule has 0 spiro atoms. The van der Waals surface area contributed by atoms with Crippen molar-refractivity contribution in [3.8, 4) is 0 Å². The number of halogens is 5. The van der Waals surface area contributed by atoms with E-state index >= 15 is 0 Å². The molecule has 92 valence electrons. The van der Waals surface area contributed by atoms with Crippen molar-refractivity contribution in [3.63, 3.8) is 0 Å². The SMILES string of the molecule is Clc1cc2oc3c(Cl)c(Cl)cc(Cl)c3c2cc1Cl. The standard InChI is InChI=1S/C12H3Cl5O/c13-5-1-4-9(3-6(5)14)18-12-10(4)7(15)2-8(16)11(12)17/h1-3H. The lowest BCUT2D eigenvalue weighted by Gasteiger charge is -1.99. The zero-order chi connectivity index (χ0) is 13.0. The predicted octanol–water partition coefficient (Wildman–Crippen LogP) is 6.85. The van der Waals surface area contributed by atoms with Crippen molar-refractivity contribution >= 4 is 79.9 Å². The normalized spacial score (nSPS) is 11.6. The van der Waals surface area contributed by atoms with Crippen LogP contribution in [-0.2, 0) is 0 Å². The number of fused-ring (bicyclic) bond motifs is 3. The van der Waals surface area contributed by atoms with Gasteiger partial charge in [0.2, 0.25) is 0 Å². The first-order valence-corrected chi connectivity index (χ1v) is 6.73. The second-order valence-corrected chi connectivity index (χ2v) is 5.73. The van der Waals surface area contributed by atoms with Gasteiger partial charge in [0.1, 0.15) is 10.6 Å². The predicted molar refractivity (Wildman–Crippen MR) is 78.8 cm³/mol. The van der Waals surface area contributed by atoms with Gasteiger partial charge in [-0.05, 0) is 12.1 Å². The molecule has 0 radical (unpaired) electrons. The van der Waals surface area contributed by atoms with Gasteiger partial charge in [-0.3, -0.25) is 0 Å². The molecule has 1 heterocycles. The lowest BCUT2D eigenvalue weighted by atomic mass is 10.1. The van der Waals surface area contributed by atoms with Crippen LogP contribution in [0.3, 0.4) is 0 Å². The Morgan fingerprint density at radius 2 is 1.39 bits per heavy atom. The monoisotopic (exact) mass is 338 g/mol. The van der Waals surface area contributed by atoms with Crippen LogP contribution >= 0.6 is 58.0 Å². The molecule has 3 aromatic rings. The Labute approximate surface area is 127 Å². The lowest BCUT2D eigenvalue weighted by Crippen LogP contribution is -1.74. The lowest BCUT2D eigenvalue weighted by molar-refractivity contribution is 0.669. The van der Waals surface area contributed by atoms with E-state index in [-0.39, 0.29) is 0 Å². The van der Waals surface area contributed by atoms with Gasteiger partial charge >= 0.3 is 0 Å². The highest BCUT2D eigenvalue weighted by Gasteiger charge is 2.17. The molecular formula is C12H3Cl5O. The van der Waals surface area contributed by atoms with Crippen LogP contribution in [0, 0.1) is 0 Å². The van der Waals surface area contributed by atoms with E-state index in [1.165, 1.54) is 0 Å². The van der Waals surface area contributed by atoms with Crippen LogP contribution in [0.25, 0.3) is 21.9 Å². The van der Waals surface area contributed by atoms with Crippen molar-refractivity contribution < 1.29 is 4.42 Å². The molecular weight excluding hydrogens is 337 g/mol. The maximum absolute atomic E-state index is 6.17. The summed E-state index contributed by atoms with van der Waals surface area (Å²) in [6.07, 6.45) is 0. The van der Waals surface area contributed by atoms with Crippen LogP contribution in [0.4, 0.5) is 0 Å². The number of furan rings is 1. The van der Waals surface area contributed by atoms with Crippen molar-refractivity contribution in [1.29, 1.82) is 0 Å². The fraction of sp³-hybridized carbons (Fsp3) is 0. The van der Waals surface area contributed by atoms with Gasteiger partial charge in [-0.15, -0.1) is 0 Å². The fourth-order valence-electron chi connectivity index (χ4n) is 1.84. The van der Waals surface area contributed by atoms with E-state index in [9.17, 15) is 0 Å². The highest BCUT2D eigenvalue weighted by molar-refractivity contribution is 6.49. The maximum atomic E-state index is 6.17. The van der Waals surface area contributed by atoms with Gasteiger partial charge in [-0.25, -0.2) is 0 Å². The zero-order valence-corrected chi connectivity index (χ0v) is 12.3. The Morgan fingerprint density at radius 1 is 0.722 bits per heavy atom. The van der Waals surface area contributed by atoms with E-state index in [1.807, 2.05) is 0 Å². The minimum absolute atomic E-state index is 0.319. The van der Waals surface area contributed by atoms with E-state index in [0.29, 0.717) is 41.7 Å². The van der Waals surface area contributed by atoms with Crippen LogP contribution in [0.5, 0.6) is 0 Å². The number of hydrogen-bond donors (Lipinski definition) is 0. The largest absolute Gasteiger partial charge is 0.454 e. The molecule has 0 atom stereocenters. The van der Waals surface area contributed by atoms with Gasteiger partial charge in [0.25, 0.3) is 0 Å². The summed E-state index contributed by atoms with van der Waals surface area (Å²) in [5.41, 5.74) is 0.993. The highest BCUT2D eigenvalue weighted by atomic mass is 35.5. The molecule has 0 aliphatic heterocycles. The van der Waals surface area contributed by atoms with E-state index < -0.39 is 0 Å². The summed E-state index contributed by atoms with van der Waals surface area (Å²) in [5.74, 6) is 0. The second-order valence-electron chi connectivity index (χ2n) is 3.72. The molecule has 2 aromatic carbocycles. The summed E-state index contributed by atoms with van der Waals surface area (Å²) in [6.45, 7) is 0. The summed E-state index contributed by atoms with van der Waals surface area (Å²) in [7, 11) is 0. The molecule has 0 aliphatic rings. The first-order chi connectivity index (χ1) is 8.49. The Hall–Kier alpha value is -0.310. The third kappa shape index (κ3) is 1.77. The van der Waals surface area contributed by atoms with Crippen LogP contribution in [0.1, 0.15) is 0 Å². The third-order valence-corrected chi connectivity index (χ3v) is 4.42. The number of rotatable bonds is 0. The summed E-state index contributed by atoms with van der Waals surface area (Å²) in [4.78, 5) is 0. The third-order valence-electron chi connectivity index (χ3n) is 2.63. The van der Waals surface area contributed by atoms with Crippen LogP contribution in [-0.4, -0.2) is 0 Å². The van der Waals surface area contributed by atoms with Crippen molar-refractivity contribution in [2.24, 2.45) is 0 Å².